The molecule has 0 radical (unpaired) electrons. The van der Waals surface area contributed by atoms with Gasteiger partial charge in [-0.25, -0.2) is 4.98 Å². The third-order valence-corrected chi connectivity index (χ3v) is 4.92. The van der Waals surface area contributed by atoms with E-state index in [0.717, 1.165) is 41.4 Å². The largest absolute Gasteiger partial charge is 0.310 e. The zero-order valence-electron chi connectivity index (χ0n) is 15.0. The topological polar surface area (TPSA) is 75.9 Å². The Kier molecular flexibility index (Phi) is 4.38. The van der Waals surface area contributed by atoms with Crippen molar-refractivity contribution in [3.05, 3.63) is 36.7 Å². The Hall–Kier alpha value is -2.80. The molecule has 0 spiro atoms. The summed E-state index contributed by atoms with van der Waals surface area (Å²) < 4.78 is 1.68. The van der Waals surface area contributed by atoms with Crippen LogP contribution >= 0.6 is 0 Å². The third-order valence-electron chi connectivity index (χ3n) is 4.92. The van der Waals surface area contributed by atoms with Gasteiger partial charge in [0.25, 0.3) is 0 Å². The summed E-state index contributed by atoms with van der Waals surface area (Å²) in [6.45, 7) is 3.57. The summed E-state index contributed by atoms with van der Waals surface area (Å²) in [5.74, 6) is 0.557. The number of likely N-dealkylation sites (tertiary alicyclic amines) is 1. The SMILES string of the molecule is C[C@H]1CCCN1CC(=O)Nc1cc2cc(-c3cn(C)nn3)ccc2cn1. The maximum absolute atomic E-state index is 12.3. The molecule has 1 atom stereocenters. The Labute approximate surface area is 152 Å². The molecule has 1 saturated heterocycles. The Morgan fingerprint density at radius 2 is 2.19 bits per heavy atom. The number of pyridine rings is 1. The molecule has 7 nitrogen and oxygen atoms in total. The van der Waals surface area contributed by atoms with Gasteiger partial charge in [0.05, 0.1) is 12.7 Å². The molecule has 1 fully saturated rings. The van der Waals surface area contributed by atoms with Gasteiger partial charge in [0.2, 0.25) is 5.91 Å². The van der Waals surface area contributed by atoms with Crippen molar-refractivity contribution in [2.75, 3.05) is 18.4 Å². The lowest BCUT2D eigenvalue weighted by Gasteiger charge is -2.19. The fourth-order valence-corrected chi connectivity index (χ4v) is 3.44. The number of hydrogen-bond donors (Lipinski definition) is 1. The maximum Gasteiger partial charge on any atom is 0.239 e. The minimum absolute atomic E-state index is 0.0179. The first-order valence-corrected chi connectivity index (χ1v) is 8.89. The molecule has 2 aromatic heterocycles. The number of hydrogen-bond acceptors (Lipinski definition) is 5. The van der Waals surface area contributed by atoms with Gasteiger partial charge in [0.15, 0.2) is 0 Å². The third kappa shape index (κ3) is 3.43. The second kappa shape index (κ2) is 6.84. The number of anilines is 1. The van der Waals surface area contributed by atoms with Gasteiger partial charge < -0.3 is 5.32 Å². The second-order valence-electron chi connectivity index (χ2n) is 6.92. The Balaban J connectivity index is 1.53. The first-order valence-electron chi connectivity index (χ1n) is 8.89. The van der Waals surface area contributed by atoms with Gasteiger partial charge in [-0.15, -0.1) is 5.10 Å². The number of carbonyl (C=O) groups is 1. The molecule has 0 bridgehead atoms. The predicted octanol–water partition coefficient (Wildman–Crippen LogP) is 2.45. The molecule has 7 heteroatoms. The smallest absolute Gasteiger partial charge is 0.239 e. The van der Waals surface area contributed by atoms with Crippen LogP contribution in [0.1, 0.15) is 19.8 Å². The van der Waals surface area contributed by atoms with Crippen LogP contribution in [0.4, 0.5) is 5.82 Å². The number of nitrogens with zero attached hydrogens (tertiary/aromatic N) is 5. The summed E-state index contributed by atoms with van der Waals surface area (Å²) in [7, 11) is 1.84. The summed E-state index contributed by atoms with van der Waals surface area (Å²) in [5.41, 5.74) is 1.81. The summed E-state index contributed by atoms with van der Waals surface area (Å²) in [6, 6.07) is 8.42. The van der Waals surface area contributed by atoms with Crippen LogP contribution in [0.5, 0.6) is 0 Å². The molecule has 1 N–H and O–H groups in total. The van der Waals surface area contributed by atoms with E-state index in [9.17, 15) is 4.79 Å². The Bertz CT molecular complexity index is 950. The van der Waals surface area contributed by atoms with E-state index in [1.807, 2.05) is 37.5 Å². The van der Waals surface area contributed by atoms with E-state index < -0.39 is 0 Å². The van der Waals surface area contributed by atoms with E-state index in [-0.39, 0.29) is 5.91 Å². The van der Waals surface area contributed by atoms with Gasteiger partial charge >= 0.3 is 0 Å². The Morgan fingerprint density at radius 3 is 2.92 bits per heavy atom. The zero-order valence-corrected chi connectivity index (χ0v) is 15.0. The normalized spacial score (nSPS) is 17.7. The van der Waals surface area contributed by atoms with E-state index in [1.165, 1.54) is 0 Å². The van der Waals surface area contributed by atoms with Crippen molar-refractivity contribution in [3.8, 4) is 11.3 Å². The molecular weight excluding hydrogens is 328 g/mol. The highest BCUT2D eigenvalue weighted by molar-refractivity contribution is 5.94. The molecule has 4 rings (SSSR count). The van der Waals surface area contributed by atoms with Gasteiger partial charge in [-0.3, -0.25) is 14.4 Å². The fraction of sp³-hybridized carbons (Fsp3) is 0.368. The summed E-state index contributed by atoms with van der Waals surface area (Å²) in [6.07, 6.45) is 5.98. The van der Waals surface area contributed by atoms with E-state index in [4.69, 9.17) is 0 Å². The Morgan fingerprint density at radius 1 is 1.31 bits per heavy atom. The number of aromatic nitrogens is 4. The van der Waals surface area contributed by atoms with E-state index in [2.05, 4.69) is 32.4 Å². The van der Waals surface area contributed by atoms with Gasteiger partial charge in [0.1, 0.15) is 11.5 Å². The monoisotopic (exact) mass is 350 g/mol. The lowest BCUT2D eigenvalue weighted by atomic mass is 10.1. The highest BCUT2D eigenvalue weighted by Gasteiger charge is 2.22. The number of carbonyl (C=O) groups excluding carboxylic acids is 1. The average molecular weight is 350 g/mol. The molecular formula is C19H22N6O. The van der Waals surface area contributed by atoms with Crippen LogP contribution in [-0.4, -0.2) is 49.9 Å². The summed E-state index contributed by atoms with van der Waals surface area (Å²) in [5, 5.41) is 13.1. The van der Waals surface area contributed by atoms with Crippen LogP contribution in [0.15, 0.2) is 36.7 Å². The van der Waals surface area contributed by atoms with Crippen molar-refractivity contribution in [1.29, 1.82) is 0 Å². The molecule has 1 aromatic carbocycles. The van der Waals surface area contributed by atoms with E-state index in [1.54, 1.807) is 10.9 Å². The zero-order chi connectivity index (χ0) is 18.1. The minimum atomic E-state index is -0.0179. The van der Waals surface area contributed by atoms with Gasteiger partial charge in [-0.2, -0.15) is 0 Å². The highest BCUT2D eigenvalue weighted by Crippen LogP contribution is 2.24. The van der Waals surface area contributed by atoms with Crippen molar-refractivity contribution in [2.24, 2.45) is 7.05 Å². The number of aryl methyl sites for hydroxylation is 1. The molecule has 26 heavy (non-hydrogen) atoms. The molecule has 1 aliphatic heterocycles. The molecule has 1 aliphatic rings. The van der Waals surface area contributed by atoms with Crippen LogP contribution in [-0.2, 0) is 11.8 Å². The van der Waals surface area contributed by atoms with E-state index in [0.29, 0.717) is 18.4 Å². The number of benzene rings is 1. The quantitative estimate of drug-likeness (QED) is 0.782. The van der Waals surface area contributed by atoms with Crippen LogP contribution < -0.4 is 5.32 Å². The van der Waals surface area contributed by atoms with Crippen molar-refractivity contribution in [1.82, 2.24) is 24.9 Å². The van der Waals surface area contributed by atoms with Gasteiger partial charge in [0, 0.05) is 30.2 Å². The maximum atomic E-state index is 12.3. The van der Waals surface area contributed by atoms with Crippen molar-refractivity contribution < 1.29 is 4.79 Å². The van der Waals surface area contributed by atoms with Crippen molar-refractivity contribution in [3.63, 3.8) is 0 Å². The van der Waals surface area contributed by atoms with Crippen LogP contribution in [0.25, 0.3) is 22.0 Å². The van der Waals surface area contributed by atoms with Crippen molar-refractivity contribution >= 4 is 22.5 Å². The fourth-order valence-electron chi connectivity index (χ4n) is 3.44. The first-order chi connectivity index (χ1) is 12.6. The molecule has 3 heterocycles. The minimum Gasteiger partial charge on any atom is -0.310 e. The number of nitrogens with one attached hydrogen (secondary N) is 1. The molecule has 134 valence electrons. The van der Waals surface area contributed by atoms with E-state index >= 15 is 0 Å². The van der Waals surface area contributed by atoms with Crippen molar-refractivity contribution in [2.45, 2.75) is 25.8 Å². The standard InChI is InChI=1S/C19H22N6O/c1-13-4-3-7-25(13)12-19(26)21-18-9-16-8-14(5-6-15(16)10-20-18)17-11-24(2)23-22-17/h5-6,8-11,13H,3-4,7,12H2,1-2H3,(H,20,21,26)/t13-/m0/s1. The average Bonchev–Trinajstić information content (AvgIpc) is 3.23. The molecule has 0 aliphatic carbocycles. The molecule has 0 saturated carbocycles. The molecule has 3 aromatic rings. The molecule has 0 unspecified atom stereocenters. The van der Waals surface area contributed by atoms with Crippen LogP contribution in [0.2, 0.25) is 0 Å². The lowest BCUT2D eigenvalue weighted by Crippen LogP contribution is -2.35. The number of fused-ring (bicyclic) bond motifs is 1. The number of amides is 1. The van der Waals surface area contributed by atoms with Gasteiger partial charge in [-0.05, 0) is 43.8 Å². The highest BCUT2D eigenvalue weighted by atomic mass is 16.2. The number of rotatable bonds is 4. The lowest BCUT2D eigenvalue weighted by molar-refractivity contribution is -0.117. The second-order valence-corrected chi connectivity index (χ2v) is 6.92. The molecule has 1 amide bonds. The summed E-state index contributed by atoms with van der Waals surface area (Å²) >= 11 is 0. The van der Waals surface area contributed by atoms with Crippen LogP contribution in [0.3, 0.4) is 0 Å². The van der Waals surface area contributed by atoms with Gasteiger partial charge in [-0.1, -0.05) is 17.3 Å². The predicted molar refractivity (Wildman–Crippen MR) is 101 cm³/mol. The first kappa shape index (κ1) is 16.7. The summed E-state index contributed by atoms with van der Waals surface area (Å²) in [4.78, 5) is 18.9. The van der Waals surface area contributed by atoms with Crippen LogP contribution in [0, 0.1) is 0 Å².